The van der Waals surface area contributed by atoms with E-state index in [1.54, 1.807) is 12.4 Å². The molecule has 1 aromatic heterocycles. The Hall–Kier alpha value is -2.69. The SMILES string of the molecule is CCCC(=O)N1CCN(CCC)C(=O)C(Cc2cccc(-c3ccncc3)c2)C1. The van der Waals surface area contributed by atoms with Crippen LogP contribution in [0.5, 0.6) is 0 Å². The molecule has 2 aromatic rings. The molecule has 2 heterocycles. The van der Waals surface area contributed by atoms with Gasteiger partial charge >= 0.3 is 0 Å². The van der Waals surface area contributed by atoms with Gasteiger partial charge < -0.3 is 9.80 Å². The van der Waals surface area contributed by atoms with Crippen LogP contribution in [0.2, 0.25) is 0 Å². The highest BCUT2D eigenvalue weighted by atomic mass is 16.2. The molecule has 29 heavy (non-hydrogen) atoms. The molecule has 0 N–H and O–H groups in total. The average Bonchev–Trinajstić information content (AvgIpc) is 2.89. The van der Waals surface area contributed by atoms with E-state index in [9.17, 15) is 9.59 Å². The molecule has 5 nitrogen and oxygen atoms in total. The van der Waals surface area contributed by atoms with E-state index in [4.69, 9.17) is 0 Å². The molecule has 0 spiro atoms. The Balaban J connectivity index is 1.82. The Morgan fingerprint density at radius 2 is 1.86 bits per heavy atom. The van der Waals surface area contributed by atoms with Gasteiger partial charge in [-0.15, -0.1) is 0 Å². The molecule has 1 unspecified atom stereocenters. The van der Waals surface area contributed by atoms with Gasteiger partial charge in [-0.2, -0.15) is 0 Å². The standard InChI is InChI=1S/C24H31N3O2/c1-3-6-23(28)27-15-14-26(13-4-2)24(29)22(18-27)17-19-7-5-8-21(16-19)20-9-11-25-12-10-20/h5,7-12,16,22H,3-4,6,13-15,17-18H2,1-2H3. The van der Waals surface area contributed by atoms with E-state index in [0.29, 0.717) is 32.5 Å². The van der Waals surface area contributed by atoms with Gasteiger partial charge in [0.2, 0.25) is 11.8 Å². The Bertz CT molecular complexity index is 822. The number of aromatic nitrogens is 1. The van der Waals surface area contributed by atoms with Crippen molar-refractivity contribution in [2.24, 2.45) is 5.92 Å². The lowest BCUT2D eigenvalue weighted by Gasteiger charge is -2.24. The second-order valence-corrected chi connectivity index (χ2v) is 7.75. The van der Waals surface area contributed by atoms with Gasteiger partial charge in [-0.05, 0) is 48.1 Å². The number of nitrogens with zero attached hydrogens (tertiary/aromatic N) is 3. The van der Waals surface area contributed by atoms with Crippen molar-refractivity contribution >= 4 is 11.8 Å². The van der Waals surface area contributed by atoms with Crippen molar-refractivity contribution in [2.75, 3.05) is 26.2 Å². The lowest BCUT2D eigenvalue weighted by molar-refractivity contribution is -0.135. The summed E-state index contributed by atoms with van der Waals surface area (Å²) in [5.41, 5.74) is 3.36. The number of carbonyl (C=O) groups is 2. The lowest BCUT2D eigenvalue weighted by Crippen LogP contribution is -2.38. The van der Waals surface area contributed by atoms with Crippen molar-refractivity contribution in [3.05, 3.63) is 54.4 Å². The summed E-state index contributed by atoms with van der Waals surface area (Å²) < 4.78 is 0. The van der Waals surface area contributed by atoms with Gasteiger partial charge in [0, 0.05) is 45.0 Å². The van der Waals surface area contributed by atoms with E-state index in [1.807, 2.05) is 34.9 Å². The minimum atomic E-state index is -0.197. The Morgan fingerprint density at radius 1 is 1.07 bits per heavy atom. The average molecular weight is 394 g/mol. The highest BCUT2D eigenvalue weighted by Crippen LogP contribution is 2.23. The second kappa shape index (κ2) is 10.2. The van der Waals surface area contributed by atoms with Crippen molar-refractivity contribution in [1.82, 2.24) is 14.8 Å². The predicted molar refractivity (Wildman–Crippen MR) is 115 cm³/mol. The third-order valence-electron chi connectivity index (χ3n) is 5.47. The number of hydrogen-bond donors (Lipinski definition) is 0. The first-order valence-corrected chi connectivity index (χ1v) is 10.7. The Labute approximate surface area is 173 Å². The van der Waals surface area contributed by atoms with E-state index in [0.717, 1.165) is 36.1 Å². The zero-order valence-electron chi connectivity index (χ0n) is 17.5. The molecule has 3 rings (SSSR count). The minimum absolute atomic E-state index is 0.161. The zero-order valence-corrected chi connectivity index (χ0v) is 17.5. The van der Waals surface area contributed by atoms with Gasteiger partial charge in [0.25, 0.3) is 0 Å². The van der Waals surface area contributed by atoms with Crippen molar-refractivity contribution in [2.45, 2.75) is 39.5 Å². The molecule has 1 aromatic carbocycles. The van der Waals surface area contributed by atoms with Crippen LogP contribution in [-0.2, 0) is 16.0 Å². The van der Waals surface area contributed by atoms with E-state index < -0.39 is 0 Å². The zero-order chi connectivity index (χ0) is 20.6. The van der Waals surface area contributed by atoms with Gasteiger partial charge in [0.1, 0.15) is 0 Å². The maximum atomic E-state index is 13.2. The highest BCUT2D eigenvalue weighted by molar-refractivity contribution is 5.82. The molecule has 1 aliphatic rings. The molecule has 5 heteroatoms. The number of benzene rings is 1. The first-order chi connectivity index (χ1) is 14.1. The largest absolute Gasteiger partial charge is 0.341 e. The molecule has 154 valence electrons. The van der Waals surface area contributed by atoms with Crippen molar-refractivity contribution in [3.8, 4) is 11.1 Å². The number of carbonyl (C=O) groups excluding carboxylic acids is 2. The molecule has 0 saturated carbocycles. The third-order valence-corrected chi connectivity index (χ3v) is 5.47. The molecule has 1 saturated heterocycles. The van der Waals surface area contributed by atoms with Crippen LogP contribution in [0.4, 0.5) is 0 Å². The quantitative estimate of drug-likeness (QED) is 0.719. The van der Waals surface area contributed by atoms with E-state index >= 15 is 0 Å². The van der Waals surface area contributed by atoms with Crippen molar-refractivity contribution in [3.63, 3.8) is 0 Å². The summed E-state index contributed by atoms with van der Waals surface area (Å²) in [6.07, 6.45) is 6.53. The van der Waals surface area contributed by atoms with Crippen molar-refractivity contribution < 1.29 is 9.59 Å². The summed E-state index contributed by atoms with van der Waals surface area (Å²) in [5.74, 6) is 0.139. The Kier molecular flexibility index (Phi) is 7.39. The van der Waals surface area contributed by atoms with Crippen molar-refractivity contribution in [1.29, 1.82) is 0 Å². The topological polar surface area (TPSA) is 53.5 Å². The summed E-state index contributed by atoms with van der Waals surface area (Å²) in [4.78, 5) is 33.7. The fraction of sp³-hybridized carbons (Fsp3) is 0.458. The second-order valence-electron chi connectivity index (χ2n) is 7.75. The predicted octanol–water partition coefficient (Wildman–Crippen LogP) is 3.79. The monoisotopic (exact) mass is 393 g/mol. The fourth-order valence-corrected chi connectivity index (χ4v) is 3.99. The van der Waals surface area contributed by atoms with Gasteiger partial charge in [0.15, 0.2) is 0 Å². The summed E-state index contributed by atoms with van der Waals surface area (Å²) in [7, 11) is 0. The molecular formula is C24H31N3O2. The number of hydrogen-bond acceptors (Lipinski definition) is 3. The molecule has 1 atom stereocenters. The summed E-state index contributed by atoms with van der Waals surface area (Å²) in [6, 6.07) is 12.3. The number of rotatable bonds is 7. The van der Waals surface area contributed by atoms with Crippen LogP contribution >= 0.6 is 0 Å². The number of amides is 2. The minimum Gasteiger partial charge on any atom is -0.341 e. The number of pyridine rings is 1. The Morgan fingerprint density at radius 3 is 2.59 bits per heavy atom. The molecule has 0 radical (unpaired) electrons. The van der Waals surface area contributed by atoms with Crippen LogP contribution in [0.1, 0.15) is 38.7 Å². The van der Waals surface area contributed by atoms with E-state index in [-0.39, 0.29) is 17.7 Å². The van der Waals surface area contributed by atoms with Gasteiger partial charge in [-0.25, -0.2) is 0 Å². The molecule has 1 aliphatic heterocycles. The van der Waals surface area contributed by atoms with E-state index in [1.165, 1.54) is 0 Å². The van der Waals surface area contributed by atoms with Gasteiger partial charge in [-0.3, -0.25) is 14.6 Å². The first kappa shape index (κ1) is 21.0. The van der Waals surface area contributed by atoms with Crippen LogP contribution in [0, 0.1) is 5.92 Å². The molecule has 0 aliphatic carbocycles. The van der Waals surface area contributed by atoms with E-state index in [2.05, 4.69) is 30.1 Å². The van der Waals surface area contributed by atoms with Gasteiger partial charge in [-0.1, -0.05) is 38.1 Å². The molecule has 2 amide bonds. The molecular weight excluding hydrogens is 362 g/mol. The maximum Gasteiger partial charge on any atom is 0.227 e. The highest BCUT2D eigenvalue weighted by Gasteiger charge is 2.31. The molecule has 0 bridgehead atoms. The first-order valence-electron chi connectivity index (χ1n) is 10.7. The van der Waals surface area contributed by atoms with Crippen LogP contribution in [0.15, 0.2) is 48.8 Å². The summed E-state index contributed by atoms with van der Waals surface area (Å²) >= 11 is 0. The summed E-state index contributed by atoms with van der Waals surface area (Å²) in [5, 5.41) is 0. The maximum absolute atomic E-state index is 13.2. The summed E-state index contributed by atoms with van der Waals surface area (Å²) in [6.45, 7) is 6.64. The van der Waals surface area contributed by atoms with Crippen LogP contribution in [0.3, 0.4) is 0 Å². The van der Waals surface area contributed by atoms with Crippen LogP contribution in [0.25, 0.3) is 11.1 Å². The van der Waals surface area contributed by atoms with Gasteiger partial charge in [0.05, 0.1) is 5.92 Å². The van der Waals surface area contributed by atoms with Crippen LogP contribution < -0.4 is 0 Å². The normalized spacial score (nSPS) is 17.3. The fourth-order valence-electron chi connectivity index (χ4n) is 3.99. The third kappa shape index (κ3) is 5.43. The lowest BCUT2D eigenvalue weighted by atomic mass is 9.95. The van der Waals surface area contributed by atoms with Crippen LogP contribution in [-0.4, -0.2) is 52.8 Å². The smallest absolute Gasteiger partial charge is 0.227 e. The molecule has 1 fully saturated rings.